The van der Waals surface area contributed by atoms with Gasteiger partial charge in [-0.05, 0) is 113 Å². The van der Waals surface area contributed by atoms with Crippen LogP contribution in [0.2, 0.25) is 0 Å². The van der Waals surface area contributed by atoms with E-state index in [0.29, 0.717) is 0 Å². The van der Waals surface area contributed by atoms with Crippen molar-refractivity contribution in [2.75, 3.05) is 4.90 Å². The van der Waals surface area contributed by atoms with E-state index in [0.717, 1.165) is 63.7 Å². The zero-order valence-corrected chi connectivity index (χ0v) is 27.9. The first kappa shape index (κ1) is 30.1. The Hall–Kier alpha value is -6.00. The fourth-order valence-electron chi connectivity index (χ4n) is 7.99. The Labute approximate surface area is 293 Å². The van der Waals surface area contributed by atoms with Crippen molar-refractivity contribution in [1.29, 1.82) is 0 Å². The van der Waals surface area contributed by atoms with Crippen LogP contribution in [0.3, 0.4) is 0 Å². The maximum Gasteiger partial charge on any atom is 0.151 e. The summed E-state index contributed by atoms with van der Waals surface area (Å²) in [4.78, 5) is 11.1. The van der Waals surface area contributed by atoms with Crippen molar-refractivity contribution in [3.8, 4) is 44.9 Å². The number of para-hydroxylation sites is 4. The lowest BCUT2D eigenvalue weighted by Crippen LogP contribution is -2.30. The van der Waals surface area contributed by atoms with E-state index in [-0.39, 0.29) is 5.41 Å². The van der Waals surface area contributed by atoms with Crippen molar-refractivity contribution < 1.29 is 4.74 Å². The zero-order valence-electron chi connectivity index (χ0n) is 27.9. The van der Waals surface area contributed by atoms with Gasteiger partial charge in [0.25, 0.3) is 0 Å². The minimum atomic E-state index is -0.0193. The molecule has 7 aromatic rings. The van der Waals surface area contributed by atoms with Crippen molar-refractivity contribution >= 4 is 17.1 Å². The van der Waals surface area contributed by atoms with Gasteiger partial charge in [0.2, 0.25) is 0 Å². The van der Waals surface area contributed by atoms with Gasteiger partial charge in [0.05, 0.1) is 11.4 Å². The SMILES string of the molecule is c1cncc(-c2cc(-c3ccc(C4(c5ccc(N6c7ccccc7Oc7ccccc76)cc5)CCCCC4)cc3)cc(-c3cccnc3)c2)c1. The van der Waals surface area contributed by atoms with Gasteiger partial charge >= 0.3 is 0 Å². The van der Waals surface area contributed by atoms with Crippen LogP contribution in [0.1, 0.15) is 43.2 Å². The summed E-state index contributed by atoms with van der Waals surface area (Å²) in [6, 6.07) is 50.3. The molecule has 0 atom stereocenters. The van der Waals surface area contributed by atoms with Crippen LogP contribution >= 0.6 is 0 Å². The molecule has 0 radical (unpaired) electrons. The minimum absolute atomic E-state index is 0.0193. The molecule has 1 fully saturated rings. The van der Waals surface area contributed by atoms with Gasteiger partial charge in [-0.3, -0.25) is 9.97 Å². The van der Waals surface area contributed by atoms with Crippen LogP contribution in [0.25, 0.3) is 33.4 Å². The third-order valence-electron chi connectivity index (χ3n) is 10.5. The van der Waals surface area contributed by atoms with Crippen molar-refractivity contribution in [1.82, 2.24) is 9.97 Å². The lowest BCUT2D eigenvalue weighted by molar-refractivity contribution is 0.346. The number of fused-ring (bicyclic) bond motifs is 2. The molecule has 4 nitrogen and oxygen atoms in total. The Kier molecular flexibility index (Phi) is 7.70. The highest BCUT2D eigenvalue weighted by molar-refractivity contribution is 5.86. The predicted molar refractivity (Wildman–Crippen MR) is 203 cm³/mol. The molecule has 1 aliphatic carbocycles. The van der Waals surface area contributed by atoms with E-state index < -0.39 is 0 Å². The van der Waals surface area contributed by atoms with Crippen LogP contribution in [0, 0.1) is 0 Å². The zero-order chi connectivity index (χ0) is 33.3. The van der Waals surface area contributed by atoms with Crippen molar-refractivity contribution in [2.45, 2.75) is 37.5 Å². The van der Waals surface area contributed by atoms with Crippen LogP contribution in [-0.4, -0.2) is 9.97 Å². The van der Waals surface area contributed by atoms with E-state index in [1.807, 2.05) is 61.2 Å². The highest BCUT2D eigenvalue weighted by atomic mass is 16.5. The van der Waals surface area contributed by atoms with Gasteiger partial charge in [-0.15, -0.1) is 0 Å². The minimum Gasteiger partial charge on any atom is -0.453 e. The fraction of sp³-hybridized carbons (Fsp3) is 0.130. The maximum atomic E-state index is 6.27. The van der Waals surface area contributed by atoms with E-state index in [4.69, 9.17) is 4.74 Å². The summed E-state index contributed by atoms with van der Waals surface area (Å²) in [5.41, 5.74) is 12.9. The lowest BCUT2D eigenvalue weighted by atomic mass is 9.65. The summed E-state index contributed by atoms with van der Waals surface area (Å²) in [5.74, 6) is 1.75. The van der Waals surface area contributed by atoms with Crippen LogP contribution < -0.4 is 9.64 Å². The Balaban J connectivity index is 1.08. The van der Waals surface area contributed by atoms with Crippen LogP contribution in [0.4, 0.5) is 17.1 Å². The summed E-state index contributed by atoms with van der Waals surface area (Å²) in [5, 5.41) is 0. The molecule has 242 valence electrons. The number of anilines is 3. The van der Waals surface area contributed by atoms with E-state index >= 15 is 0 Å². The first-order valence-electron chi connectivity index (χ1n) is 17.6. The van der Waals surface area contributed by atoms with E-state index in [1.165, 1.54) is 41.5 Å². The van der Waals surface area contributed by atoms with Gasteiger partial charge in [-0.2, -0.15) is 0 Å². The first-order chi connectivity index (χ1) is 24.7. The van der Waals surface area contributed by atoms with Gasteiger partial charge in [-0.25, -0.2) is 0 Å². The van der Waals surface area contributed by atoms with E-state index in [2.05, 4.69) is 118 Å². The lowest BCUT2D eigenvalue weighted by Gasteiger charge is -2.39. The smallest absolute Gasteiger partial charge is 0.151 e. The second kappa shape index (κ2) is 12.8. The highest BCUT2D eigenvalue weighted by Crippen LogP contribution is 2.51. The topological polar surface area (TPSA) is 38.2 Å². The molecule has 50 heavy (non-hydrogen) atoms. The molecule has 0 saturated heterocycles. The maximum absolute atomic E-state index is 6.27. The second-order valence-corrected chi connectivity index (χ2v) is 13.4. The molecule has 2 aliphatic rings. The van der Waals surface area contributed by atoms with Gasteiger partial charge < -0.3 is 9.64 Å². The average Bonchev–Trinajstić information content (AvgIpc) is 3.21. The predicted octanol–water partition coefficient (Wildman–Crippen LogP) is 12.3. The van der Waals surface area contributed by atoms with Gasteiger partial charge in [0.15, 0.2) is 11.5 Å². The molecule has 0 spiro atoms. The number of nitrogens with zero attached hydrogens (tertiary/aromatic N) is 3. The molecule has 4 heteroatoms. The number of hydrogen-bond donors (Lipinski definition) is 0. The fourth-order valence-corrected chi connectivity index (χ4v) is 7.99. The third kappa shape index (κ3) is 5.43. The quantitative estimate of drug-likeness (QED) is 0.180. The molecule has 2 aromatic heterocycles. The van der Waals surface area contributed by atoms with Gasteiger partial charge in [-0.1, -0.05) is 92.1 Å². The molecule has 0 amide bonds. The molecular weight excluding hydrogens is 611 g/mol. The molecule has 3 heterocycles. The molecule has 5 aromatic carbocycles. The molecule has 9 rings (SSSR count). The summed E-state index contributed by atoms with van der Waals surface area (Å²) < 4.78 is 6.27. The molecule has 1 saturated carbocycles. The molecule has 0 N–H and O–H groups in total. The average molecular weight is 648 g/mol. The Bertz CT molecular complexity index is 2160. The third-order valence-corrected chi connectivity index (χ3v) is 10.5. The molecule has 1 aliphatic heterocycles. The van der Waals surface area contributed by atoms with E-state index in [9.17, 15) is 0 Å². The van der Waals surface area contributed by atoms with Crippen molar-refractivity contribution in [2.24, 2.45) is 0 Å². The summed E-state index contributed by atoms with van der Waals surface area (Å²) in [6.45, 7) is 0. The van der Waals surface area contributed by atoms with E-state index in [1.54, 1.807) is 0 Å². The van der Waals surface area contributed by atoms with Crippen LogP contribution in [-0.2, 0) is 5.41 Å². The monoisotopic (exact) mass is 647 g/mol. The van der Waals surface area contributed by atoms with Crippen molar-refractivity contribution in [3.05, 3.63) is 175 Å². The summed E-state index contributed by atoms with van der Waals surface area (Å²) in [6.07, 6.45) is 13.6. The van der Waals surface area contributed by atoms with Crippen LogP contribution in [0.5, 0.6) is 11.5 Å². The Morgan fingerprint density at radius 3 is 1.48 bits per heavy atom. The largest absolute Gasteiger partial charge is 0.453 e. The Morgan fingerprint density at radius 1 is 0.460 bits per heavy atom. The number of aromatic nitrogens is 2. The molecule has 0 unspecified atom stereocenters. The molecular formula is C46H37N3O. The number of rotatable bonds is 6. The molecule has 0 bridgehead atoms. The summed E-state index contributed by atoms with van der Waals surface area (Å²) in [7, 11) is 0. The Morgan fingerprint density at radius 2 is 0.960 bits per heavy atom. The van der Waals surface area contributed by atoms with Gasteiger partial charge in [0, 0.05) is 47.0 Å². The second-order valence-electron chi connectivity index (χ2n) is 13.4. The number of pyridine rings is 2. The standard InChI is InChI=1S/C46H37N3O/c1-6-24-46(25-7-1,40-20-22-41(23-21-40)49-42-12-2-4-14-44(42)50-45-15-5-3-13-43(45)49)39-18-16-33(17-19-39)36-28-37(34-10-8-26-47-31-34)30-38(29-36)35-11-9-27-48-32-35/h2-5,8-23,26-32H,1,6-7,24-25H2. The van der Waals surface area contributed by atoms with Gasteiger partial charge in [0.1, 0.15) is 0 Å². The first-order valence-corrected chi connectivity index (χ1v) is 17.6. The number of ether oxygens (including phenoxy) is 1. The number of hydrogen-bond acceptors (Lipinski definition) is 4. The highest BCUT2D eigenvalue weighted by Gasteiger charge is 2.36. The summed E-state index contributed by atoms with van der Waals surface area (Å²) >= 11 is 0. The van der Waals surface area contributed by atoms with Crippen molar-refractivity contribution in [3.63, 3.8) is 0 Å². The number of benzene rings is 5. The van der Waals surface area contributed by atoms with Crippen LogP contribution in [0.15, 0.2) is 164 Å². The normalized spacial score (nSPS) is 14.7.